The molecule has 0 fully saturated rings. The van der Waals surface area contributed by atoms with Crippen molar-refractivity contribution in [1.29, 1.82) is 0 Å². The summed E-state index contributed by atoms with van der Waals surface area (Å²) in [7, 11) is 6.01. The van der Waals surface area contributed by atoms with Gasteiger partial charge in [0.25, 0.3) is 0 Å². The molecular formula is C20H16BN. The Morgan fingerprint density at radius 3 is 2.00 bits per heavy atom. The Balaban J connectivity index is 2.17. The Morgan fingerprint density at radius 2 is 1.27 bits per heavy atom. The summed E-state index contributed by atoms with van der Waals surface area (Å²) in [5, 5.41) is 2.46. The van der Waals surface area contributed by atoms with Crippen molar-refractivity contribution in [1.82, 2.24) is 4.57 Å². The standard InChI is InChI=1S/C20H16BN/c1-13-3-7-16(8-4-13)22-19-9-5-14(2)11-17(19)18-12-15(21)6-10-20(18)22/h3-12H,1-2H3. The molecule has 0 aliphatic carbocycles. The maximum atomic E-state index is 6.01. The number of nitrogens with zero attached hydrogens (tertiary/aromatic N) is 1. The summed E-state index contributed by atoms with van der Waals surface area (Å²) in [5.74, 6) is 0. The van der Waals surface area contributed by atoms with Gasteiger partial charge in [-0.05, 0) is 44.2 Å². The predicted molar refractivity (Wildman–Crippen MR) is 95.6 cm³/mol. The highest BCUT2D eigenvalue weighted by Gasteiger charge is 2.12. The Morgan fingerprint density at radius 1 is 0.682 bits per heavy atom. The molecule has 104 valence electrons. The first-order chi connectivity index (χ1) is 10.6. The third-order valence-corrected chi connectivity index (χ3v) is 4.24. The average molecular weight is 281 g/mol. The van der Waals surface area contributed by atoms with Crippen molar-refractivity contribution in [3.63, 3.8) is 0 Å². The van der Waals surface area contributed by atoms with Gasteiger partial charge in [0.05, 0.1) is 11.0 Å². The molecule has 3 aromatic carbocycles. The first-order valence-electron chi connectivity index (χ1n) is 7.51. The Bertz CT molecular complexity index is 935. The largest absolute Gasteiger partial charge is 0.309 e. The maximum Gasteiger partial charge on any atom is 0.113 e. The molecule has 0 spiro atoms. The second-order valence-corrected chi connectivity index (χ2v) is 5.97. The van der Waals surface area contributed by atoms with Crippen molar-refractivity contribution >= 4 is 35.1 Å². The molecule has 4 rings (SSSR count). The lowest BCUT2D eigenvalue weighted by molar-refractivity contribution is 1.17. The molecule has 0 bridgehead atoms. The van der Waals surface area contributed by atoms with E-state index in [1.165, 1.54) is 38.6 Å². The Kier molecular flexibility index (Phi) is 2.87. The molecular weight excluding hydrogens is 265 g/mol. The summed E-state index contributed by atoms with van der Waals surface area (Å²) in [6, 6.07) is 21.4. The minimum Gasteiger partial charge on any atom is -0.309 e. The van der Waals surface area contributed by atoms with E-state index in [1.54, 1.807) is 0 Å². The van der Waals surface area contributed by atoms with Crippen molar-refractivity contribution in [2.75, 3.05) is 0 Å². The summed E-state index contributed by atoms with van der Waals surface area (Å²) in [6.07, 6.45) is 0. The quantitative estimate of drug-likeness (QED) is 0.461. The zero-order valence-corrected chi connectivity index (χ0v) is 12.8. The van der Waals surface area contributed by atoms with Crippen molar-refractivity contribution in [3.05, 3.63) is 71.8 Å². The molecule has 1 aromatic heterocycles. The van der Waals surface area contributed by atoms with Crippen LogP contribution >= 0.6 is 0 Å². The van der Waals surface area contributed by atoms with Crippen LogP contribution < -0.4 is 5.46 Å². The monoisotopic (exact) mass is 281 g/mol. The van der Waals surface area contributed by atoms with Gasteiger partial charge in [-0.2, -0.15) is 0 Å². The Labute approximate surface area is 131 Å². The van der Waals surface area contributed by atoms with E-state index in [0.717, 1.165) is 5.46 Å². The summed E-state index contributed by atoms with van der Waals surface area (Å²) < 4.78 is 2.31. The van der Waals surface area contributed by atoms with Crippen LogP contribution in [0.4, 0.5) is 0 Å². The van der Waals surface area contributed by atoms with Crippen LogP contribution in [0.15, 0.2) is 60.7 Å². The Hall–Kier alpha value is -2.48. The van der Waals surface area contributed by atoms with Crippen LogP contribution in [-0.4, -0.2) is 12.4 Å². The molecule has 1 heterocycles. The predicted octanol–water partition coefficient (Wildman–Crippen LogP) is 4.19. The second-order valence-electron chi connectivity index (χ2n) is 5.97. The molecule has 0 saturated heterocycles. The lowest BCUT2D eigenvalue weighted by atomic mass is 9.94. The first-order valence-corrected chi connectivity index (χ1v) is 7.51. The normalized spacial score (nSPS) is 11.4. The van der Waals surface area contributed by atoms with Gasteiger partial charge in [0, 0.05) is 16.5 Å². The van der Waals surface area contributed by atoms with E-state index in [2.05, 4.69) is 73.0 Å². The zero-order chi connectivity index (χ0) is 15.3. The summed E-state index contributed by atoms with van der Waals surface area (Å²) in [5.41, 5.74) is 6.92. The third kappa shape index (κ3) is 1.95. The maximum absolute atomic E-state index is 6.01. The molecule has 0 unspecified atom stereocenters. The SMILES string of the molecule is [B]c1ccc2c(c1)c1cc(C)ccc1n2-c1ccc(C)cc1. The number of aromatic nitrogens is 1. The minimum absolute atomic E-state index is 0.803. The molecule has 0 amide bonds. The molecule has 1 nitrogen and oxygen atoms in total. The molecule has 2 heteroatoms. The highest BCUT2D eigenvalue weighted by atomic mass is 15.0. The van der Waals surface area contributed by atoms with E-state index < -0.39 is 0 Å². The van der Waals surface area contributed by atoms with E-state index >= 15 is 0 Å². The van der Waals surface area contributed by atoms with Gasteiger partial charge in [-0.1, -0.05) is 46.9 Å². The van der Waals surface area contributed by atoms with E-state index in [1.807, 2.05) is 6.07 Å². The van der Waals surface area contributed by atoms with E-state index in [9.17, 15) is 0 Å². The van der Waals surface area contributed by atoms with Crippen LogP contribution in [0.2, 0.25) is 0 Å². The van der Waals surface area contributed by atoms with Gasteiger partial charge in [-0.3, -0.25) is 0 Å². The molecule has 22 heavy (non-hydrogen) atoms. The highest BCUT2D eigenvalue weighted by Crippen LogP contribution is 2.32. The van der Waals surface area contributed by atoms with E-state index in [0.29, 0.717) is 0 Å². The molecule has 0 N–H and O–H groups in total. The van der Waals surface area contributed by atoms with Gasteiger partial charge in [0.1, 0.15) is 7.85 Å². The molecule has 0 atom stereocenters. The van der Waals surface area contributed by atoms with E-state index in [4.69, 9.17) is 7.85 Å². The highest BCUT2D eigenvalue weighted by molar-refractivity contribution is 6.33. The number of fused-ring (bicyclic) bond motifs is 3. The van der Waals surface area contributed by atoms with Crippen molar-refractivity contribution in [2.45, 2.75) is 13.8 Å². The van der Waals surface area contributed by atoms with Crippen LogP contribution in [0.5, 0.6) is 0 Å². The fourth-order valence-electron chi connectivity index (χ4n) is 3.13. The van der Waals surface area contributed by atoms with Crippen LogP contribution in [0.3, 0.4) is 0 Å². The van der Waals surface area contributed by atoms with Crippen LogP contribution in [0.1, 0.15) is 11.1 Å². The van der Waals surface area contributed by atoms with Crippen LogP contribution in [0.25, 0.3) is 27.5 Å². The molecule has 0 aliphatic heterocycles. The van der Waals surface area contributed by atoms with Gasteiger partial charge < -0.3 is 4.57 Å². The zero-order valence-electron chi connectivity index (χ0n) is 12.8. The lowest BCUT2D eigenvalue weighted by Crippen LogP contribution is -2.00. The number of benzene rings is 3. The molecule has 4 aromatic rings. The van der Waals surface area contributed by atoms with Crippen LogP contribution in [-0.2, 0) is 0 Å². The van der Waals surface area contributed by atoms with Crippen molar-refractivity contribution < 1.29 is 0 Å². The molecule has 0 aliphatic rings. The van der Waals surface area contributed by atoms with Crippen molar-refractivity contribution in [2.24, 2.45) is 0 Å². The summed E-state index contributed by atoms with van der Waals surface area (Å²) in [6.45, 7) is 4.24. The number of hydrogen-bond acceptors (Lipinski definition) is 0. The van der Waals surface area contributed by atoms with Crippen molar-refractivity contribution in [3.8, 4) is 5.69 Å². The smallest absolute Gasteiger partial charge is 0.113 e. The number of hydrogen-bond donors (Lipinski definition) is 0. The molecule has 0 saturated carbocycles. The van der Waals surface area contributed by atoms with Gasteiger partial charge >= 0.3 is 0 Å². The lowest BCUT2D eigenvalue weighted by Gasteiger charge is -2.08. The van der Waals surface area contributed by atoms with Gasteiger partial charge in [0.2, 0.25) is 0 Å². The van der Waals surface area contributed by atoms with Gasteiger partial charge in [0.15, 0.2) is 0 Å². The van der Waals surface area contributed by atoms with Gasteiger partial charge in [-0.15, -0.1) is 0 Å². The second kappa shape index (κ2) is 4.77. The van der Waals surface area contributed by atoms with Crippen LogP contribution in [0, 0.1) is 13.8 Å². The fourth-order valence-corrected chi connectivity index (χ4v) is 3.13. The topological polar surface area (TPSA) is 4.93 Å². The first kappa shape index (κ1) is 13.2. The summed E-state index contributed by atoms with van der Waals surface area (Å²) in [4.78, 5) is 0. The minimum atomic E-state index is 0.803. The number of rotatable bonds is 1. The number of aryl methyl sites for hydroxylation is 2. The summed E-state index contributed by atoms with van der Waals surface area (Å²) >= 11 is 0. The third-order valence-electron chi connectivity index (χ3n) is 4.24. The average Bonchev–Trinajstić information content (AvgIpc) is 2.81. The fraction of sp³-hybridized carbons (Fsp3) is 0.100. The van der Waals surface area contributed by atoms with Gasteiger partial charge in [-0.25, -0.2) is 0 Å². The molecule has 2 radical (unpaired) electrons. The van der Waals surface area contributed by atoms with E-state index in [-0.39, 0.29) is 0 Å².